The summed E-state index contributed by atoms with van der Waals surface area (Å²) in [6.07, 6.45) is 4.49. The number of methoxy groups -OCH3 is 1. The fourth-order valence-electron chi connectivity index (χ4n) is 0.944. The van der Waals surface area contributed by atoms with E-state index < -0.39 is 0 Å². The Balaban J connectivity index is 2.76. The number of rotatable bonds is 2. The van der Waals surface area contributed by atoms with Crippen molar-refractivity contribution in [3.8, 4) is 0 Å². The molecule has 0 aromatic carbocycles. The maximum absolute atomic E-state index is 10.3. The van der Waals surface area contributed by atoms with Crippen LogP contribution in [0.3, 0.4) is 0 Å². The Bertz CT molecular complexity index is 230. The van der Waals surface area contributed by atoms with Crippen LogP contribution in [0.5, 0.6) is 0 Å². The van der Waals surface area contributed by atoms with Gasteiger partial charge in [0.25, 0.3) is 0 Å². The third-order valence-corrected chi connectivity index (χ3v) is 1.53. The molecule has 0 fully saturated rings. The minimum Gasteiger partial charge on any atom is -0.497 e. The average Bonchev–Trinajstić information content (AvgIpc) is 2.05. The van der Waals surface area contributed by atoms with Crippen molar-refractivity contribution in [2.24, 2.45) is 0 Å². The van der Waals surface area contributed by atoms with E-state index in [9.17, 15) is 10.1 Å². The molecule has 0 bridgehead atoms. The highest BCUT2D eigenvalue weighted by Crippen LogP contribution is 2.17. The lowest BCUT2D eigenvalue weighted by Gasteiger charge is -2.05. The summed E-state index contributed by atoms with van der Waals surface area (Å²) in [5, 5.41) is 10.3. The van der Waals surface area contributed by atoms with Crippen molar-refractivity contribution in [1.82, 2.24) is 0 Å². The highest BCUT2D eigenvalue weighted by atomic mass is 16.6. The van der Waals surface area contributed by atoms with Crippen molar-refractivity contribution >= 4 is 0 Å². The zero-order valence-electron chi connectivity index (χ0n) is 6.24. The summed E-state index contributed by atoms with van der Waals surface area (Å²) in [4.78, 5) is 9.90. The van der Waals surface area contributed by atoms with Crippen LogP contribution in [0.1, 0.15) is 12.8 Å². The zero-order chi connectivity index (χ0) is 8.27. The largest absolute Gasteiger partial charge is 0.497 e. The predicted molar refractivity (Wildman–Crippen MR) is 39.4 cm³/mol. The third-order valence-electron chi connectivity index (χ3n) is 1.53. The van der Waals surface area contributed by atoms with Gasteiger partial charge < -0.3 is 4.74 Å². The molecule has 0 atom stereocenters. The Morgan fingerprint density at radius 1 is 1.73 bits per heavy atom. The van der Waals surface area contributed by atoms with Crippen LogP contribution in [0.25, 0.3) is 0 Å². The van der Waals surface area contributed by atoms with E-state index in [4.69, 9.17) is 4.74 Å². The normalized spacial score (nSPS) is 16.8. The van der Waals surface area contributed by atoms with Crippen LogP contribution in [0.2, 0.25) is 0 Å². The lowest BCUT2D eigenvalue weighted by molar-refractivity contribution is -0.428. The summed E-state index contributed by atoms with van der Waals surface area (Å²) in [5.41, 5.74) is 0.226. The zero-order valence-corrected chi connectivity index (χ0v) is 6.24. The van der Waals surface area contributed by atoms with Gasteiger partial charge in [0.1, 0.15) is 5.76 Å². The molecule has 1 aliphatic carbocycles. The first-order chi connectivity index (χ1) is 5.24. The van der Waals surface area contributed by atoms with Gasteiger partial charge in [0.2, 0.25) is 5.70 Å². The maximum Gasteiger partial charge on any atom is 0.250 e. The molecule has 11 heavy (non-hydrogen) atoms. The second-order valence-electron chi connectivity index (χ2n) is 2.24. The summed E-state index contributed by atoms with van der Waals surface area (Å²) in [7, 11) is 1.51. The molecule has 0 aromatic rings. The van der Waals surface area contributed by atoms with Gasteiger partial charge in [-0.2, -0.15) is 0 Å². The molecule has 4 nitrogen and oxygen atoms in total. The van der Waals surface area contributed by atoms with Crippen LogP contribution in [0, 0.1) is 10.1 Å². The van der Waals surface area contributed by atoms with E-state index in [1.807, 2.05) is 6.08 Å². The Morgan fingerprint density at radius 3 is 3.00 bits per heavy atom. The minimum absolute atomic E-state index is 0.226. The lowest BCUT2D eigenvalue weighted by Crippen LogP contribution is -2.03. The molecule has 0 heterocycles. The first-order valence-corrected chi connectivity index (χ1v) is 3.33. The summed E-state index contributed by atoms with van der Waals surface area (Å²) in [6, 6.07) is 0. The van der Waals surface area contributed by atoms with Crippen molar-refractivity contribution < 1.29 is 9.66 Å². The van der Waals surface area contributed by atoms with Crippen LogP contribution < -0.4 is 0 Å². The van der Waals surface area contributed by atoms with Gasteiger partial charge in [-0.1, -0.05) is 0 Å². The van der Waals surface area contributed by atoms with Crippen molar-refractivity contribution in [3.05, 3.63) is 33.7 Å². The van der Waals surface area contributed by atoms with E-state index in [-0.39, 0.29) is 10.6 Å². The molecule has 0 saturated carbocycles. The van der Waals surface area contributed by atoms with Crippen molar-refractivity contribution in [2.45, 2.75) is 12.8 Å². The molecule has 0 unspecified atom stereocenters. The van der Waals surface area contributed by atoms with Gasteiger partial charge in [-0.3, -0.25) is 10.1 Å². The van der Waals surface area contributed by atoms with Crippen LogP contribution in [-0.4, -0.2) is 12.0 Å². The SMILES string of the molecule is COC1=CCCC([N+](=O)[O-])=C1. The lowest BCUT2D eigenvalue weighted by atomic mass is 10.1. The fraction of sp³-hybridized carbons (Fsp3) is 0.429. The van der Waals surface area contributed by atoms with Gasteiger partial charge >= 0.3 is 0 Å². The van der Waals surface area contributed by atoms with E-state index in [1.165, 1.54) is 13.2 Å². The minimum atomic E-state index is -0.369. The molecule has 1 aliphatic rings. The number of allylic oxidation sites excluding steroid dienone is 3. The van der Waals surface area contributed by atoms with Gasteiger partial charge in [0, 0.05) is 6.42 Å². The Morgan fingerprint density at radius 2 is 2.45 bits per heavy atom. The molecule has 0 aromatic heterocycles. The van der Waals surface area contributed by atoms with Crippen molar-refractivity contribution in [1.29, 1.82) is 0 Å². The van der Waals surface area contributed by atoms with Crippen molar-refractivity contribution in [3.63, 3.8) is 0 Å². The summed E-state index contributed by atoms with van der Waals surface area (Å²) < 4.78 is 4.85. The van der Waals surface area contributed by atoms with Crippen LogP contribution in [0.4, 0.5) is 0 Å². The third kappa shape index (κ3) is 1.80. The van der Waals surface area contributed by atoms with Gasteiger partial charge in [0.05, 0.1) is 18.1 Å². The molecule has 0 N–H and O–H groups in total. The quantitative estimate of drug-likeness (QED) is 0.448. The average molecular weight is 155 g/mol. The van der Waals surface area contributed by atoms with Gasteiger partial charge in [-0.25, -0.2) is 0 Å². The number of hydrogen-bond donors (Lipinski definition) is 0. The van der Waals surface area contributed by atoms with E-state index in [2.05, 4.69) is 0 Å². The van der Waals surface area contributed by atoms with E-state index in [0.29, 0.717) is 18.6 Å². The van der Waals surface area contributed by atoms with Gasteiger partial charge in [-0.05, 0) is 12.5 Å². The van der Waals surface area contributed by atoms with E-state index in [0.717, 1.165) is 0 Å². The fourth-order valence-corrected chi connectivity index (χ4v) is 0.944. The smallest absolute Gasteiger partial charge is 0.250 e. The Labute approximate surface area is 64.3 Å². The second kappa shape index (κ2) is 3.18. The Kier molecular flexibility index (Phi) is 2.25. The molecule has 0 saturated heterocycles. The first kappa shape index (κ1) is 7.78. The number of nitro groups is 1. The molecule has 1 rings (SSSR count). The summed E-state index contributed by atoms with van der Waals surface area (Å²) in [6.45, 7) is 0. The topological polar surface area (TPSA) is 52.4 Å². The molecule has 4 heteroatoms. The number of ether oxygens (including phenoxy) is 1. The summed E-state index contributed by atoms with van der Waals surface area (Å²) in [5.74, 6) is 0.586. The highest BCUT2D eigenvalue weighted by molar-refractivity contribution is 5.19. The predicted octanol–water partition coefficient (Wildman–Crippen LogP) is 1.47. The summed E-state index contributed by atoms with van der Waals surface area (Å²) >= 11 is 0. The molecule has 0 amide bonds. The van der Waals surface area contributed by atoms with Gasteiger partial charge in [-0.15, -0.1) is 0 Å². The second-order valence-corrected chi connectivity index (χ2v) is 2.24. The van der Waals surface area contributed by atoms with Gasteiger partial charge in [0.15, 0.2) is 0 Å². The van der Waals surface area contributed by atoms with Crippen LogP contribution in [0.15, 0.2) is 23.6 Å². The molecular weight excluding hydrogens is 146 g/mol. The van der Waals surface area contributed by atoms with Crippen LogP contribution >= 0.6 is 0 Å². The van der Waals surface area contributed by atoms with E-state index in [1.54, 1.807) is 0 Å². The first-order valence-electron chi connectivity index (χ1n) is 3.33. The van der Waals surface area contributed by atoms with Crippen LogP contribution in [-0.2, 0) is 4.74 Å². The molecular formula is C7H9NO3. The number of nitrogens with zero attached hydrogens (tertiary/aromatic N) is 1. The molecule has 0 aliphatic heterocycles. The van der Waals surface area contributed by atoms with Crippen molar-refractivity contribution in [2.75, 3.05) is 7.11 Å². The maximum atomic E-state index is 10.3. The molecule has 0 radical (unpaired) electrons. The molecule has 60 valence electrons. The molecule has 0 spiro atoms. The monoisotopic (exact) mass is 155 g/mol. The van der Waals surface area contributed by atoms with E-state index >= 15 is 0 Å². The number of hydrogen-bond acceptors (Lipinski definition) is 3. The Hall–Kier alpha value is -1.32. The standard InChI is InChI=1S/C7H9NO3/c1-11-7-4-2-3-6(5-7)8(9)10/h4-5H,2-3H2,1H3. The highest BCUT2D eigenvalue weighted by Gasteiger charge is 2.14.